The number of aromatic amines is 1. The first kappa shape index (κ1) is 21.9. The number of hydrogen-bond donors (Lipinski definition) is 2. The minimum Gasteiger partial charge on any atom is -0.494 e. The van der Waals surface area contributed by atoms with Gasteiger partial charge in [0.15, 0.2) is 5.65 Å². The molecule has 2 N–H and O–H groups in total. The monoisotopic (exact) mass is 483 g/mol. The van der Waals surface area contributed by atoms with Gasteiger partial charge < -0.3 is 19.7 Å². The lowest BCUT2D eigenvalue weighted by atomic mass is 10.2. The topological polar surface area (TPSA) is 110 Å². The molecule has 6 rings (SSSR count). The van der Waals surface area contributed by atoms with Crippen LogP contribution in [0.15, 0.2) is 65.7 Å². The first-order valence-electron chi connectivity index (χ1n) is 11.8. The molecule has 4 heterocycles. The molecule has 182 valence electrons. The fourth-order valence-electron chi connectivity index (χ4n) is 4.57. The number of aromatic nitrogens is 5. The number of hydrogen-bond acceptors (Lipinski definition) is 8. The predicted molar refractivity (Wildman–Crippen MR) is 139 cm³/mol. The van der Waals surface area contributed by atoms with Crippen molar-refractivity contribution in [3.8, 4) is 17.2 Å². The van der Waals surface area contributed by atoms with Gasteiger partial charge in [0.05, 0.1) is 41.8 Å². The Bertz CT molecular complexity index is 1610. The van der Waals surface area contributed by atoms with Crippen LogP contribution in [0.3, 0.4) is 0 Å². The number of benzene rings is 2. The number of para-hydroxylation sites is 2. The van der Waals surface area contributed by atoms with Crippen LogP contribution in [0, 0.1) is 0 Å². The number of nitrogens with one attached hydrogen (secondary N) is 2. The summed E-state index contributed by atoms with van der Waals surface area (Å²) in [6.07, 6.45) is 3.20. The second kappa shape index (κ2) is 8.88. The molecule has 10 nitrogen and oxygen atoms in total. The van der Waals surface area contributed by atoms with Crippen LogP contribution in [0.5, 0.6) is 11.5 Å². The maximum Gasteiger partial charge on any atom is 0.267 e. The first-order valence-corrected chi connectivity index (χ1v) is 11.8. The van der Waals surface area contributed by atoms with Crippen LogP contribution in [0.4, 0.5) is 11.6 Å². The third kappa shape index (κ3) is 3.76. The maximum absolute atomic E-state index is 13.4. The zero-order chi connectivity index (χ0) is 24.6. The summed E-state index contributed by atoms with van der Waals surface area (Å²) in [6.45, 7) is 3.72. The van der Waals surface area contributed by atoms with E-state index in [0.717, 1.165) is 23.7 Å². The molecule has 2 aromatic carbocycles. The van der Waals surface area contributed by atoms with Crippen molar-refractivity contribution in [1.82, 2.24) is 24.7 Å². The molecular formula is C26H25N7O3. The molecule has 1 unspecified atom stereocenters. The maximum atomic E-state index is 13.4. The van der Waals surface area contributed by atoms with Crippen LogP contribution in [0.2, 0.25) is 0 Å². The number of ether oxygens (including phenoxy) is 2. The molecule has 0 aliphatic carbocycles. The SMILES string of the molecule is CCOc1ccc(-n2c(=O)c3c[nH]nc3c3cnc(NCC4CN(C)c5ccccc5O4)nc32)cc1. The Morgan fingerprint density at radius 1 is 1.17 bits per heavy atom. The third-order valence-corrected chi connectivity index (χ3v) is 6.25. The molecular weight excluding hydrogens is 458 g/mol. The molecule has 0 amide bonds. The number of nitrogens with zero attached hydrogens (tertiary/aromatic N) is 5. The largest absolute Gasteiger partial charge is 0.494 e. The number of H-pyrrole nitrogens is 1. The number of rotatable bonds is 6. The van der Waals surface area contributed by atoms with E-state index in [0.29, 0.717) is 46.7 Å². The summed E-state index contributed by atoms with van der Waals surface area (Å²) < 4.78 is 13.3. The van der Waals surface area contributed by atoms with E-state index >= 15 is 0 Å². The van der Waals surface area contributed by atoms with E-state index in [4.69, 9.17) is 14.5 Å². The van der Waals surface area contributed by atoms with Crippen molar-refractivity contribution in [1.29, 1.82) is 0 Å². The Balaban J connectivity index is 1.36. The zero-order valence-corrected chi connectivity index (χ0v) is 19.9. The molecule has 1 aliphatic heterocycles. The van der Waals surface area contributed by atoms with Crippen LogP contribution in [0.1, 0.15) is 6.92 Å². The fraction of sp³-hybridized carbons (Fsp3) is 0.231. The lowest BCUT2D eigenvalue weighted by Gasteiger charge is -2.33. The Hall–Kier alpha value is -4.60. The highest BCUT2D eigenvalue weighted by molar-refractivity contribution is 6.02. The minimum absolute atomic E-state index is 0.0914. The molecule has 36 heavy (non-hydrogen) atoms. The summed E-state index contributed by atoms with van der Waals surface area (Å²) in [5, 5.41) is 11.5. The van der Waals surface area contributed by atoms with Gasteiger partial charge in [-0.2, -0.15) is 10.1 Å². The Labute approximate surface area is 206 Å². The van der Waals surface area contributed by atoms with Gasteiger partial charge >= 0.3 is 0 Å². The van der Waals surface area contributed by atoms with Gasteiger partial charge in [-0.25, -0.2) is 4.98 Å². The van der Waals surface area contributed by atoms with E-state index in [1.54, 1.807) is 17.0 Å². The summed E-state index contributed by atoms with van der Waals surface area (Å²) >= 11 is 0. The van der Waals surface area contributed by atoms with Crippen LogP contribution in [0.25, 0.3) is 27.6 Å². The Morgan fingerprint density at radius 3 is 2.83 bits per heavy atom. The van der Waals surface area contributed by atoms with Crippen molar-refractivity contribution in [3.05, 3.63) is 71.3 Å². The van der Waals surface area contributed by atoms with Crippen molar-refractivity contribution < 1.29 is 9.47 Å². The molecule has 0 fully saturated rings. The van der Waals surface area contributed by atoms with Gasteiger partial charge in [-0.1, -0.05) is 12.1 Å². The van der Waals surface area contributed by atoms with E-state index < -0.39 is 0 Å². The first-order chi connectivity index (χ1) is 17.6. The van der Waals surface area contributed by atoms with Gasteiger partial charge in [0.2, 0.25) is 5.95 Å². The molecule has 1 atom stereocenters. The third-order valence-electron chi connectivity index (χ3n) is 6.25. The van der Waals surface area contributed by atoms with Gasteiger partial charge in [-0.05, 0) is 43.3 Å². The van der Waals surface area contributed by atoms with Gasteiger partial charge in [0.25, 0.3) is 5.56 Å². The molecule has 0 saturated carbocycles. The quantitative estimate of drug-likeness (QED) is 0.378. The standard InChI is InChI=1S/C26H25N7O3/c1-3-35-17-10-8-16(9-11-17)33-24-19(23-20(25(33)34)14-29-31-23)13-28-26(30-24)27-12-18-15-32(2)21-6-4-5-7-22(21)36-18/h4-11,13-14,18H,3,12,15H2,1-2H3,(H,29,31)(H,27,28,30). The van der Waals surface area contributed by atoms with Crippen molar-refractivity contribution in [2.45, 2.75) is 13.0 Å². The molecule has 0 radical (unpaired) electrons. The van der Waals surface area contributed by atoms with Crippen LogP contribution < -0.4 is 25.2 Å². The van der Waals surface area contributed by atoms with Crippen LogP contribution in [-0.4, -0.2) is 57.6 Å². The second-order valence-electron chi connectivity index (χ2n) is 8.61. The number of anilines is 2. The molecule has 10 heteroatoms. The van der Waals surface area contributed by atoms with Crippen molar-refractivity contribution in [3.63, 3.8) is 0 Å². The second-order valence-corrected chi connectivity index (χ2v) is 8.61. The lowest BCUT2D eigenvalue weighted by molar-refractivity contribution is 0.208. The number of pyridine rings is 1. The van der Waals surface area contributed by atoms with E-state index in [-0.39, 0.29) is 11.7 Å². The number of fused-ring (bicyclic) bond motifs is 4. The minimum atomic E-state index is -0.214. The summed E-state index contributed by atoms with van der Waals surface area (Å²) in [7, 11) is 2.05. The van der Waals surface area contributed by atoms with Crippen LogP contribution in [-0.2, 0) is 0 Å². The van der Waals surface area contributed by atoms with E-state index in [2.05, 4.69) is 25.4 Å². The Kier molecular flexibility index (Phi) is 5.40. The van der Waals surface area contributed by atoms with Gasteiger partial charge in [-0.3, -0.25) is 14.5 Å². The zero-order valence-electron chi connectivity index (χ0n) is 19.9. The smallest absolute Gasteiger partial charge is 0.267 e. The fourth-order valence-corrected chi connectivity index (χ4v) is 4.57. The summed E-state index contributed by atoms with van der Waals surface area (Å²) in [5.74, 6) is 1.99. The lowest BCUT2D eigenvalue weighted by Crippen LogP contribution is -2.41. The molecule has 3 aromatic heterocycles. The van der Waals surface area contributed by atoms with Crippen molar-refractivity contribution in [2.75, 3.05) is 37.0 Å². The molecule has 5 aromatic rings. The molecule has 0 bridgehead atoms. The summed E-state index contributed by atoms with van der Waals surface area (Å²) in [4.78, 5) is 24.9. The van der Waals surface area contributed by atoms with E-state index in [1.165, 1.54) is 0 Å². The molecule has 0 saturated heterocycles. The normalized spacial score (nSPS) is 15.1. The highest BCUT2D eigenvalue weighted by Gasteiger charge is 2.23. The molecule has 1 aliphatic rings. The van der Waals surface area contributed by atoms with Crippen LogP contribution >= 0.6 is 0 Å². The molecule has 0 spiro atoms. The average Bonchev–Trinajstić information content (AvgIpc) is 3.39. The summed E-state index contributed by atoms with van der Waals surface area (Å²) in [5.41, 5.74) is 2.54. The van der Waals surface area contributed by atoms with Crippen molar-refractivity contribution >= 4 is 33.6 Å². The van der Waals surface area contributed by atoms with Gasteiger partial charge in [-0.15, -0.1) is 0 Å². The van der Waals surface area contributed by atoms with E-state index in [1.807, 2.05) is 62.5 Å². The van der Waals surface area contributed by atoms with E-state index in [9.17, 15) is 4.79 Å². The van der Waals surface area contributed by atoms with Crippen molar-refractivity contribution in [2.24, 2.45) is 0 Å². The predicted octanol–water partition coefficient (Wildman–Crippen LogP) is 3.37. The number of likely N-dealkylation sites (N-methyl/N-ethyl adjacent to an activating group) is 1. The van der Waals surface area contributed by atoms with Gasteiger partial charge in [0, 0.05) is 19.4 Å². The highest BCUT2D eigenvalue weighted by atomic mass is 16.5. The Morgan fingerprint density at radius 2 is 2.00 bits per heavy atom. The van der Waals surface area contributed by atoms with Gasteiger partial charge in [0.1, 0.15) is 23.1 Å². The summed E-state index contributed by atoms with van der Waals surface area (Å²) in [6, 6.07) is 15.3. The highest BCUT2D eigenvalue weighted by Crippen LogP contribution is 2.32. The average molecular weight is 484 g/mol.